The Morgan fingerprint density at radius 1 is 1.77 bits per heavy atom. The van der Waals surface area contributed by atoms with E-state index in [4.69, 9.17) is 11.1 Å². The van der Waals surface area contributed by atoms with Gasteiger partial charge in [0.25, 0.3) is 0 Å². The molecule has 5 nitrogen and oxygen atoms in total. The van der Waals surface area contributed by atoms with E-state index in [1.54, 1.807) is 0 Å². The number of hydrogen-bond donors (Lipinski definition) is 3. The number of thioether (sulfide) groups is 1. The first-order valence-electron chi connectivity index (χ1n) is 3.66. The third-order valence-electron chi connectivity index (χ3n) is 1.88. The fourth-order valence-corrected chi connectivity index (χ4v) is 4.99. The van der Waals surface area contributed by atoms with Crippen molar-refractivity contribution < 1.29 is 13.5 Å². The first-order chi connectivity index (χ1) is 5.73. The van der Waals surface area contributed by atoms with E-state index in [2.05, 4.69) is 0 Å². The van der Waals surface area contributed by atoms with Gasteiger partial charge in [0.1, 0.15) is 0 Å². The van der Waals surface area contributed by atoms with Gasteiger partial charge in [0.15, 0.2) is 15.0 Å². The molecule has 1 aliphatic heterocycles. The van der Waals surface area contributed by atoms with E-state index < -0.39 is 20.7 Å². The minimum atomic E-state index is -3.17. The van der Waals surface area contributed by atoms with Gasteiger partial charge in [-0.25, -0.2) is 8.42 Å². The van der Waals surface area contributed by atoms with Crippen molar-refractivity contribution in [2.75, 3.05) is 11.5 Å². The highest BCUT2D eigenvalue weighted by Crippen LogP contribution is 2.32. The smallest absolute Gasteiger partial charge is 0.154 e. The van der Waals surface area contributed by atoms with Crippen LogP contribution in [0.25, 0.3) is 0 Å². The quantitative estimate of drug-likeness (QED) is 0.398. The normalized spacial score (nSPS) is 37.5. The fraction of sp³-hybridized carbons (Fsp3) is 0.833. The van der Waals surface area contributed by atoms with Crippen LogP contribution in [0.5, 0.6) is 0 Å². The summed E-state index contributed by atoms with van der Waals surface area (Å²) >= 11 is 0.903. The molecule has 1 aliphatic rings. The van der Waals surface area contributed by atoms with Gasteiger partial charge in [-0.05, 0) is 6.92 Å². The summed E-state index contributed by atoms with van der Waals surface area (Å²) in [4.78, 5) is 0. The van der Waals surface area contributed by atoms with E-state index in [-0.39, 0.29) is 16.7 Å². The molecule has 0 spiro atoms. The molecule has 1 heterocycles. The monoisotopic (exact) mass is 224 g/mol. The zero-order valence-electron chi connectivity index (χ0n) is 7.15. The van der Waals surface area contributed by atoms with Gasteiger partial charge in [0, 0.05) is 0 Å². The average molecular weight is 224 g/mol. The molecule has 0 radical (unpaired) electrons. The predicted octanol–water partition coefficient (Wildman–Crippen LogP) is -0.839. The topological polar surface area (TPSA) is 104 Å². The first kappa shape index (κ1) is 10.8. The first-order valence-corrected chi connectivity index (χ1v) is 6.36. The summed E-state index contributed by atoms with van der Waals surface area (Å²) in [7, 11) is -3.17. The number of rotatable bonds is 1. The molecule has 0 aromatic heterocycles. The van der Waals surface area contributed by atoms with Crippen molar-refractivity contribution in [1.82, 2.24) is 0 Å². The van der Waals surface area contributed by atoms with Crippen molar-refractivity contribution in [3.63, 3.8) is 0 Å². The molecular weight excluding hydrogens is 212 g/mol. The van der Waals surface area contributed by atoms with E-state index in [1.807, 2.05) is 0 Å². The lowest BCUT2D eigenvalue weighted by molar-refractivity contribution is 0.0942. The molecular formula is C6H12N2O3S2. The second kappa shape index (κ2) is 3.14. The summed E-state index contributed by atoms with van der Waals surface area (Å²) in [6.45, 7) is 1.46. The lowest BCUT2D eigenvalue weighted by Gasteiger charge is -2.21. The van der Waals surface area contributed by atoms with Crippen LogP contribution in [0.1, 0.15) is 6.92 Å². The molecule has 7 heteroatoms. The van der Waals surface area contributed by atoms with E-state index >= 15 is 0 Å². The molecule has 1 saturated heterocycles. The van der Waals surface area contributed by atoms with Crippen LogP contribution in [0.4, 0.5) is 0 Å². The minimum absolute atomic E-state index is 0.107. The SMILES string of the molecule is CC1(O)CS(=O)(=O)CC1SC(=N)N. The van der Waals surface area contributed by atoms with Crippen LogP contribution in [0.2, 0.25) is 0 Å². The number of nitrogens with one attached hydrogen (secondary N) is 1. The highest BCUT2D eigenvalue weighted by atomic mass is 32.2. The Labute approximate surface area is 81.1 Å². The second-order valence-electron chi connectivity index (χ2n) is 3.38. The number of nitrogens with two attached hydrogens (primary N) is 1. The number of sulfone groups is 1. The van der Waals surface area contributed by atoms with Gasteiger partial charge in [0.2, 0.25) is 0 Å². The number of amidine groups is 1. The molecule has 0 saturated carbocycles. The van der Waals surface area contributed by atoms with E-state index in [1.165, 1.54) is 6.92 Å². The van der Waals surface area contributed by atoms with Gasteiger partial charge in [-0.15, -0.1) is 0 Å². The van der Waals surface area contributed by atoms with Crippen LogP contribution in [0, 0.1) is 5.41 Å². The van der Waals surface area contributed by atoms with Crippen LogP contribution >= 0.6 is 11.8 Å². The molecule has 0 aromatic carbocycles. The lowest BCUT2D eigenvalue weighted by atomic mass is 10.1. The van der Waals surface area contributed by atoms with Crippen molar-refractivity contribution in [2.45, 2.75) is 17.8 Å². The van der Waals surface area contributed by atoms with E-state index in [0.29, 0.717) is 0 Å². The van der Waals surface area contributed by atoms with Crippen LogP contribution in [-0.2, 0) is 9.84 Å². The Morgan fingerprint density at radius 2 is 2.31 bits per heavy atom. The van der Waals surface area contributed by atoms with Crippen LogP contribution in [-0.4, -0.2) is 41.0 Å². The molecule has 2 atom stereocenters. The largest absolute Gasteiger partial charge is 0.388 e. The zero-order valence-corrected chi connectivity index (χ0v) is 8.78. The van der Waals surface area contributed by atoms with Gasteiger partial charge in [-0.3, -0.25) is 5.41 Å². The average Bonchev–Trinajstić information content (AvgIpc) is 1.98. The van der Waals surface area contributed by atoms with Crippen LogP contribution < -0.4 is 5.73 Å². The molecule has 0 amide bonds. The fourth-order valence-electron chi connectivity index (χ4n) is 1.32. The maximum absolute atomic E-state index is 11.2. The lowest BCUT2D eigenvalue weighted by Crippen LogP contribution is -2.37. The molecule has 1 fully saturated rings. The summed E-state index contributed by atoms with van der Waals surface area (Å²) in [5, 5.41) is 16.0. The highest BCUT2D eigenvalue weighted by Gasteiger charge is 2.46. The highest BCUT2D eigenvalue weighted by molar-refractivity contribution is 8.15. The molecule has 4 N–H and O–H groups in total. The Hall–Kier alpha value is -0.270. The van der Waals surface area contributed by atoms with Gasteiger partial charge >= 0.3 is 0 Å². The van der Waals surface area contributed by atoms with Crippen molar-refractivity contribution >= 4 is 26.8 Å². The molecule has 76 valence electrons. The van der Waals surface area contributed by atoms with Gasteiger partial charge < -0.3 is 10.8 Å². The van der Waals surface area contributed by atoms with Gasteiger partial charge in [-0.1, -0.05) is 11.8 Å². The van der Waals surface area contributed by atoms with Crippen molar-refractivity contribution in [3.05, 3.63) is 0 Å². The summed E-state index contributed by atoms with van der Waals surface area (Å²) in [5.74, 6) is -0.352. The summed E-state index contributed by atoms with van der Waals surface area (Å²) in [6, 6.07) is 0. The standard InChI is InChI=1S/C6H12N2O3S2/c1-6(9)3-13(10,11)2-4(6)12-5(7)8/h4,9H,2-3H2,1H3,(H3,7,8). The number of aliphatic hydroxyl groups is 1. The Morgan fingerprint density at radius 3 is 2.62 bits per heavy atom. The Balaban J connectivity index is 2.82. The maximum Gasteiger partial charge on any atom is 0.154 e. The summed E-state index contributed by atoms with van der Waals surface area (Å²) in [6.07, 6.45) is 0. The van der Waals surface area contributed by atoms with Crippen molar-refractivity contribution in [1.29, 1.82) is 5.41 Å². The van der Waals surface area contributed by atoms with Gasteiger partial charge in [0.05, 0.1) is 22.4 Å². The van der Waals surface area contributed by atoms with E-state index in [9.17, 15) is 13.5 Å². The van der Waals surface area contributed by atoms with Crippen molar-refractivity contribution in [3.8, 4) is 0 Å². The van der Waals surface area contributed by atoms with Gasteiger partial charge in [-0.2, -0.15) is 0 Å². The van der Waals surface area contributed by atoms with Crippen molar-refractivity contribution in [2.24, 2.45) is 5.73 Å². The molecule has 1 rings (SSSR count). The second-order valence-corrected chi connectivity index (χ2v) is 6.74. The molecule has 0 aliphatic carbocycles. The molecule has 0 bridgehead atoms. The van der Waals surface area contributed by atoms with Crippen LogP contribution in [0.3, 0.4) is 0 Å². The molecule has 2 unspecified atom stereocenters. The third-order valence-corrected chi connectivity index (χ3v) is 5.17. The third kappa shape index (κ3) is 2.58. The summed E-state index contributed by atoms with van der Waals surface area (Å²) < 4.78 is 22.3. The van der Waals surface area contributed by atoms with E-state index in [0.717, 1.165) is 11.8 Å². The zero-order chi connectivity index (χ0) is 10.3. The number of hydrogen-bond acceptors (Lipinski definition) is 5. The molecule has 0 aromatic rings. The summed E-state index contributed by atoms with van der Waals surface area (Å²) in [5.41, 5.74) is 3.85. The maximum atomic E-state index is 11.2. The Kier molecular flexibility index (Phi) is 2.61. The van der Waals surface area contributed by atoms with Crippen LogP contribution in [0.15, 0.2) is 0 Å². The molecule has 13 heavy (non-hydrogen) atoms. The Bertz CT molecular complexity index is 323. The predicted molar refractivity (Wildman–Crippen MR) is 52.6 cm³/mol. The minimum Gasteiger partial charge on any atom is -0.388 e.